The first-order valence-electron chi connectivity index (χ1n) is 11.2. The predicted octanol–water partition coefficient (Wildman–Crippen LogP) is 6.21. The van der Waals surface area contributed by atoms with Gasteiger partial charge in [-0.15, -0.1) is 11.3 Å². The summed E-state index contributed by atoms with van der Waals surface area (Å²) in [6, 6.07) is 17.4. The molecular weight excluding hydrogens is 487 g/mol. The summed E-state index contributed by atoms with van der Waals surface area (Å²) in [5.74, 6) is -0.384. The maximum Gasteiger partial charge on any atom is 0.416 e. The van der Waals surface area contributed by atoms with Crippen molar-refractivity contribution in [3.05, 3.63) is 100 Å². The number of benzene rings is 2. The number of anilines is 2. The van der Waals surface area contributed by atoms with Crippen molar-refractivity contribution < 1.29 is 22.8 Å². The van der Waals surface area contributed by atoms with Crippen molar-refractivity contribution in [1.29, 1.82) is 0 Å². The summed E-state index contributed by atoms with van der Waals surface area (Å²) >= 11 is 1.22. The van der Waals surface area contributed by atoms with Gasteiger partial charge >= 0.3 is 6.18 Å². The van der Waals surface area contributed by atoms with E-state index in [-0.39, 0.29) is 18.2 Å². The van der Waals surface area contributed by atoms with Crippen LogP contribution in [0.25, 0.3) is 11.1 Å². The molecule has 0 saturated heterocycles. The third-order valence-electron chi connectivity index (χ3n) is 5.99. The average Bonchev–Trinajstić information content (AvgIpc) is 3.52. The Morgan fingerprint density at radius 2 is 1.83 bits per heavy atom. The number of nitrogens with one attached hydrogen (secondary N) is 1. The van der Waals surface area contributed by atoms with Crippen molar-refractivity contribution in [2.45, 2.75) is 19.0 Å². The molecule has 2 aromatic heterocycles. The Morgan fingerprint density at radius 3 is 2.56 bits per heavy atom. The second-order valence-corrected chi connectivity index (χ2v) is 9.25. The van der Waals surface area contributed by atoms with Crippen molar-refractivity contribution in [1.82, 2.24) is 4.98 Å². The van der Waals surface area contributed by atoms with Crippen LogP contribution in [0.4, 0.5) is 24.5 Å². The molecule has 5 rings (SSSR count). The number of carbonyl (C=O) groups excluding carboxylic acids is 2. The zero-order valence-electron chi connectivity index (χ0n) is 18.9. The number of halogens is 3. The number of aromatic nitrogens is 1. The highest BCUT2D eigenvalue weighted by atomic mass is 32.1. The van der Waals surface area contributed by atoms with Crippen molar-refractivity contribution in [2.24, 2.45) is 0 Å². The van der Waals surface area contributed by atoms with Crippen LogP contribution in [0.1, 0.15) is 26.5 Å². The minimum absolute atomic E-state index is 0.0380. The molecule has 2 aromatic carbocycles. The first-order valence-corrected chi connectivity index (χ1v) is 12.1. The number of carbonyl (C=O) groups is 2. The molecular formula is C27H20F3N3O2S. The number of nitrogens with zero attached hydrogens (tertiary/aromatic N) is 2. The van der Waals surface area contributed by atoms with Crippen LogP contribution in [0.15, 0.2) is 78.3 Å². The number of pyridine rings is 1. The number of rotatable bonds is 5. The number of alkyl halides is 3. The summed E-state index contributed by atoms with van der Waals surface area (Å²) in [6.07, 6.45) is -1.88. The second kappa shape index (κ2) is 9.58. The maximum atomic E-state index is 13.0. The molecule has 36 heavy (non-hydrogen) atoms. The van der Waals surface area contributed by atoms with Gasteiger partial charge in [0.05, 0.1) is 16.9 Å². The molecule has 3 heterocycles. The van der Waals surface area contributed by atoms with E-state index >= 15 is 0 Å². The van der Waals surface area contributed by atoms with E-state index in [0.29, 0.717) is 40.4 Å². The van der Waals surface area contributed by atoms with Crippen molar-refractivity contribution in [3.63, 3.8) is 0 Å². The van der Waals surface area contributed by atoms with Gasteiger partial charge in [0, 0.05) is 35.4 Å². The average molecular weight is 508 g/mol. The molecule has 1 aliphatic heterocycles. The second-order valence-electron chi connectivity index (χ2n) is 8.33. The highest BCUT2D eigenvalue weighted by Crippen LogP contribution is 2.35. The lowest BCUT2D eigenvalue weighted by Crippen LogP contribution is -2.30. The van der Waals surface area contributed by atoms with Gasteiger partial charge in [0.2, 0.25) is 5.91 Å². The number of fused-ring (bicyclic) bond motifs is 1. The normalized spacial score (nSPS) is 12.9. The monoisotopic (exact) mass is 507 g/mol. The summed E-state index contributed by atoms with van der Waals surface area (Å²) in [4.78, 5) is 32.2. The molecule has 2 amide bonds. The van der Waals surface area contributed by atoms with Crippen LogP contribution < -0.4 is 10.2 Å². The van der Waals surface area contributed by atoms with Crippen LogP contribution in [0.3, 0.4) is 0 Å². The summed E-state index contributed by atoms with van der Waals surface area (Å²) < 4.78 is 38.7. The fourth-order valence-corrected chi connectivity index (χ4v) is 5.04. The first-order chi connectivity index (χ1) is 17.3. The minimum atomic E-state index is -4.42. The van der Waals surface area contributed by atoms with Crippen LogP contribution in [-0.2, 0) is 23.8 Å². The fraction of sp³-hybridized carbons (Fsp3) is 0.148. The SMILES string of the molecule is O=C(Nc1ccc2c(c1)CCN2C(=O)Cc1ccccn1)c1sccc1-c1ccc(C(F)(F)F)cc1. The van der Waals surface area contributed by atoms with Crippen LogP contribution in [0.2, 0.25) is 0 Å². The van der Waals surface area contributed by atoms with Crippen LogP contribution >= 0.6 is 11.3 Å². The molecule has 0 bridgehead atoms. The molecule has 5 nitrogen and oxygen atoms in total. The van der Waals surface area contributed by atoms with Gasteiger partial charge in [0.1, 0.15) is 0 Å². The molecule has 9 heteroatoms. The molecule has 0 fully saturated rings. The van der Waals surface area contributed by atoms with E-state index in [0.717, 1.165) is 23.4 Å². The molecule has 1 aliphatic rings. The first kappa shape index (κ1) is 23.7. The Balaban J connectivity index is 1.30. The highest BCUT2D eigenvalue weighted by Gasteiger charge is 2.30. The van der Waals surface area contributed by atoms with Gasteiger partial charge in [-0.05, 0) is 71.5 Å². The quantitative estimate of drug-likeness (QED) is 0.349. The molecule has 1 N–H and O–H groups in total. The van der Waals surface area contributed by atoms with E-state index in [4.69, 9.17) is 0 Å². The lowest BCUT2D eigenvalue weighted by molar-refractivity contribution is -0.137. The third-order valence-corrected chi connectivity index (χ3v) is 6.90. The molecule has 0 saturated carbocycles. The summed E-state index contributed by atoms with van der Waals surface area (Å²) in [6.45, 7) is 0.557. The Kier molecular flexibility index (Phi) is 6.32. The molecule has 0 aliphatic carbocycles. The smallest absolute Gasteiger partial charge is 0.321 e. The minimum Gasteiger partial charge on any atom is -0.321 e. The van der Waals surface area contributed by atoms with Crippen molar-refractivity contribution >= 4 is 34.5 Å². The van der Waals surface area contributed by atoms with E-state index in [9.17, 15) is 22.8 Å². The topological polar surface area (TPSA) is 62.3 Å². The highest BCUT2D eigenvalue weighted by molar-refractivity contribution is 7.12. The zero-order chi connectivity index (χ0) is 25.3. The van der Waals surface area contributed by atoms with Gasteiger partial charge in [-0.2, -0.15) is 13.2 Å². The Labute approximate surface area is 209 Å². The molecule has 182 valence electrons. The molecule has 0 unspecified atom stereocenters. The van der Waals surface area contributed by atoms with Crippen LogP contribution in [-0.4, -0.2) is 23.3 Å². The lowest BCUT2D eigenvalue weighted by Gasteiger charge is -2.17. The van der Waals surface area contributed by atoms with Crippen molar-refractivity contribution in [3.8, 4) is 11.1 Å². The third kappa shape index (κ3) is 4.87. The Bertz CT molecular complexity index is 1420. The zero-order valence-corrected chi connectivity index (χ0v) is 19.7. The van der Waals surface area contributed by atoms with E-state index in [1.807, 2.05) is 24.3 Å². The van der Waals surface area contributed by atoms with Gasteiger partial charge in [-0.3, -0.25) is 14.6 Å². The van der Waals surface area contributed by atoms with E-state index in [2.05, 4.69) is 10.3 Å². The Morgan fingerprint density at radius 1 is 1.03 bits per heavy atom. The summed E-state index contributed by atoms with van der Waals surface area (Å²) in [5, 5.41) is 4.61. The fourth-order valence-electron chi connectivity index (χ4n) is 4.23. The standard InChI is InChI=1S/C27H20F3N3O2S/c28-27(29,30)19-6-4-17(5-7-19)22-11-14-36-25(22)26(35)32-21-8-9-23-18(15-21)10-13-33(23)24(34)16-20-3-1-2-12-31-20/h1-9,11-12,14-15H,10,13,16H2,(H,32,35). The molecule has 4 aromatic rings. The largest absolute Gasteiger partial charge is 0.416 e. The molecule has 0 spiro atoms. The summed E-state index contributed by atoms with van der Waals surface area (Å²) in [7, 11) is 0. The van der Waals surface area contributed by atoms with Gasteiger partial charge in [-0.25, -0.2) is 0 Å². The van der Waals surface area contributed by atoms with Gasteiger partial charge in [0.25, 0.3) is 5.91 Å². The number of hydrogen-bond acceptors (Lipinski definition) is 4. The van der Waals surface area contributed by atoms with E-state index in [1.54, 1.807) is 34.7 Å². The maximum absolute atomic E-state index is 13.0. The molecule has 0 atom stereocenters. The summed E-state index contributed by atoms with van der Waals surface area (Å²) in [5.41, 5.74) is 3.43. The lowest BCUT2D eigenvalue weighted by atomic mass is 10.0. The van der Waals surface area contributed by atoms with Gasteiger partial charge in [-0.1, -0.05) is 18.2 Å². The number of hydrogen-bond donors (Lipinski definition) is 1. The number of thiophene rings is 1. The van der Waals surface area contributed by atoms with Crippen LogP contribution in [0.5, 0.6) is 0 Å². The number of amides is 2. The van der Waals surface area contributed by atoms with E-state index < -0.39 is 11.7 Å². The Hall–Kier alpha value is -3.98. The van der Waals surface area contributed by atoms with Gasteiger partial charge in [0.15, 0.2) is 0 Å². The molecule has 0 radical (unpaired) electrons. The predicted molar refractivity (Wildman–Crippen MR) is 133 cm³/mol. The van der Waals surface area contributed by atoms with Crippen molar-refractivity contribution in [2.75, 3.05) is 16.8 Å². The van der Waals surface area contributed by atoms with Gasteiger partial charge < -0.3 is 10.2 Å². The van der Waals surface area contributed by atoms with E-state index in [1.165, 1.54) is 23.5 Å². The van der Waals surface area contributed by atoms with Crippen LogP contribution in [0, 0.1) is 0 Å².